The number of aromatic nitrogens is 3. The monoisotopic (exact) mass is 675 g/mol. The molecule has 0 spiro atoms. The molecule has 4 heterocycles. The number of ether oxygens (including phenoxy) is 1. The maximum absolute atomic E-state index is 6.15. The van der Waals surface area contributed by atoms with Gasteiger partial charge in [-0.1, -0.05) is 29.7 Å². The van der Waals surface area contributed by atoms with Gasteiger partial charge in [-0.05, 0) is 48.0 Å². The average Bonchev–Trinajstić information content (AvgIpc) is 3.60. The minimum absolute atomic E-state index is 0. The largest absolute Gasteiger partial charge is 2.00 e. The van der Waals surface area contributed by atoms with E-state index in [2.05, 4.69) is 68.0 Å². The summed E-state index contributed by atoms with van der Waals surface area (Å²) in [5.41, 5.74) is 5.09. The predicted molar refractivity (Wildman–Crippen MR) is 147 cm³/mol. The van der Waals surface area contributed by atoms with Crippen LogP contribution in [0.1, 0.15) is 12.8 Å². The van der Waals surface area contributed by atoms with Gasteiger partial charge in [0.2, 0.25) is 5.88 Å². The number of hydrogen-bond acceptors (Lipinski definition) is 4. The Morgan fingerprint density at radius 3 is 2.42 bits per heavy atom. The second kappa shape index (κ2) is 10.4. The van der Waals surface area contributed by atoms with Gasteiger partial charge in [0.05, 0.1) is 0 Å². The molecular weight excluding hydrogens is 651 g/mol. The summed E-state index contributed by atoms with van der Waals surface area (Å²) in [7, 11) is 0. The fraction of sp³-hybridized carbons (Fsp3) is 0.125. The third-order valence-electron chi connectivity index (χ3n) is 6.92. The molecule has 7 rings (SSSR count). The first-order valence-corrected chi connectivity index (χ1v) is 12.6. The third kappa shape index (κ3) is 4.48. The smallest absolute Gasteiger partial charge is 0.460 e. The maximum Gasteiger partial charge on any atom is 2.00 e. The summed E-state index contributed by atoms with van der Waals surface area (Å²) in [5.74, 6) is 2.07. The Kier molecular flexibility index (Phi) is 6.69. The molecule has 0 aliphatic carbocycles. The van der Waals surface area contributed by atoms with Crippen LogP contribution in [0.5, 0.6) is 11.6 Å². The SMILES string of the molecule is [Pt+2].[c-]1c(Oc2cc(N3CCCC3)ccn2)cccc1-c1[c-]c2c(cc1)c1ccccc1n2-c1ccccn1. The number of fused-ring (bicyclic) bond motifs is 3. The van der Waals surface area contributed by atoms with Crippen molar-refractivity contribution in [2.75, 3.05) is 18.0 Å². The van der Waals surface area contributed by atoms with E-state index in [0.717, 1.165) is 52.1 Å². The van der Waals surface area contributed by atoms with Crippen LogP contribution in [-0.4, -0.2) is 27.6 Å². The molecule has 0 bridgehead atoms. The van der Waals surface area contributed by atoms with Gasteiger partial charge in [-0.2, -0.15) is 24.3 Å². The zero-order valence-corrected chi connectivity index (χ0v) is 22.9. The summed E-state index contributed by atoms with van der Waals surface area (Å²) < 4.78 is 8.32. The Balaban J connectivity index is 0.00000264. The fourth-order valence-corrected chi connectivity index (χ4v) is 5.18. The van der Waals surface area contributed by atoms with Gasteiger partial charge < -0.3 is 14.2 Å². The summed E-state index contributed by atoms with van der Waals surface area (Å²) in [6, 6.07) is 35.7. The average molecular weight is 676 g/mol. The van der Waals surface area contributed by atoms with Crippen molar-refractivity contribution in [1.29, 1.82) is 0 Å². The van der Waals surface area contributed by atoms with Crippen LogP contribution in [0.4, 0.5) is 5.69 Å². The normalized spacial score (nSPS) is 13.1. The van der Waals surface area contributed by atoms with Crippen LogP contribution < -0.4 is 9.64 Å². The summed E-state index contributed by atoms with van der Waals surface area (Å²) in [6.07, 6.45) is 6.09. The molecule has 0 saturated carbocycles. The second-order valence-corrected chi connectivity index (χ2v) is 9.25. The van der Waals surface area contributed by atoms with Crippen LogP contribution in [0.25, 0.3) is 38.8 Å². The van der Waals surface area contributed by atoms with Gasteiger partial charge in [-0.3, -0.25) is 0 Å². The Morgan fingerprint density at radius 2 is 1.55 bits per heavy atom. The van der Waals surface area contributed by atoms with Crippen LogP contribution in [0, 0.1) is 12.1 Å². The first-order valence-electron chi connectivity index (χ1n) is 12.6. The molecule has 0 amide bonds. The summed E-state index contributed by atoms with van der Waals surface area (Å²) in [5, 5.41) is 2.32. The summed E-state index contributed by atoms with van der Waals surface area (Å²) in [4.78, 5) is 11.4. The first kappa shape index (κ1) is 24.4. The first-order chi connectivity index (χ1) is 18.3. The summed E-state index contributed by atoms with van der Waals surface area (Å²) >= 11 is 0. The number of hydrogen-bond donors (Lipinski definition) is 0. The molecular formula is C32H24N4OPt. The van der Waals surface area contributed by atoms with E-state index in [-0.39, 0.29) is 21.1 Å². The van der Waals surface area contributed by atoms with Crippen LogP contribution in [0.15, 0.2) is 97.3 Å². The Labute approximate surface area is 236 Å². The standard InChI is InChI=1S/C32H24N4O.Pt/c1-2-11-29-27(10-1)28-14-13-24(21-30(28)36(29)31-12-3-4-16-33-31)23-8-7-9-26(20-23)37-32-22-25(15-17-34-32)35-18-5-6-19-35;/h1-4,7-17,22H,5-6,18-19H2;/q-2;+2. The number of para-hydroxylation sites is 1. The Hall–Kier alpha value is -3.95. The quantitative estimate of drug-likeness (QED) is 0.181. The van der Waals surface area contributed by atoms with Crippen molar-refractivity contribution in [2.45, 2.75) is 12.8 Å². The molecule has 188 valence electrons. The van der Waals surface area contributed by atoms with Gasteiger partial charge in [-0.15, -0.1) is 18.2 Å². The van der Waals surface area contributed by atoms with E-state index in [1.54, 1.807) is 0 Å². The number of pyridine rings is 2. The maximum atomic E-state index is 6.15. The zero-order chi connectivity index (χ0) is 24.6. The van der Waals surface area contributed by atoms with Crippen LogP contribution in [0.3, 0.4) is 0 Å². The third-order valence-corrected chi connectivity index (χ3v) is 6.92. The molecule has 0 unspecified atom stereocenters. The van der Waals surface area contributed by atoms with E-state index in [9.17, 15) is 0 Å². The van der Waals surface area contributed by atoms with E-state index < -0.39 is 0 Å². The van der Waals surface area contributed by atoms with Gasteiger partial charge in [0.15, 0.2) is 0 Å². The van der Waals surface area contributed by atoms with Crippen molar-refractivity contribution in [3.05, 3.63) is 109 Å². The molecule has 1 aliphatic heterocycles. The van der Waals surface area contributed by atoms with Crippen molar-refractivity contribution in [3.63, 3.8) is 0 Å². The van der Waals surface area contributed by atoms with Crippen LogP contribution in [0.2, 0.25) is 0 Å². The fourth-order valence-electron chi connectivity index (χ4n) is 5.18. The van der Waals surface area contributed by atoms with E-state index >= 15 is 0 Å². The molecule has 1 saturated heterocycles. The molecule has 3 aromatic heterocycles. The Morgan fingerprint density at radius 1 is 0.711 bits per heavy atom. The topological polar surface area (TPSA) is 43.2 Å². The number of rotatable bonds is 5. The minimum Gasteiger partial charge on any atom is -0.460 e. The molecule has 6 aromatic rings. The molecule has 1 fully saturated rings. The van der Waals surface area contributed by atoms with Crippen LogP contribution >= 0.6 is 0 Å². The number of benzene rings is 3. The van der Waals surface area contributed by atoms with Crippen molar-refractivity contribution < 1.29 is 25.8 Å². The zero-order valence-electron chi connectivity index (χ0n) is 20.6. The minimum atomic E-state index is 0. The molecule has 0 radical (unpaired) electrons. The van der Waals surface area contributed by atoms with E-state index in [1.165, 1.54) is 18.2 Å². The van der Waals surface area contributed by atoms with E-state index in [1.807, 2.05) is 60.9 Å². The predicted octanol–water partition coefficient (Wildman–Crippen LogP) is 7.23. The molecule has 1 aliphatic rings. The van der Waals surface area contributed by atoms with Gasteiger partial charge >= 0.3 is 21.1 Å². The number of anilines is 1. The van der Waals surface area contributed by atoms with Crippen molar-refractivity contribution >= 4 is 27.5 Å². The molecule has 38 heavy (non-hydrogen) atoms. The Bertz CT molecular complexity index is 1720. The molecule has 6 heteroatoms. The van der Waals surface area contributed by atoms with Crippen molar-refractivity contribution in [2.24, 2.45) is 0 Å². The van der Waals surface area contributed by atoms with Gasteiger partial charge in [0.25, 0.3) is 0 Å². The number of nitrogens with zero attached hydrogens (tertiary/aromatic N) is 4. The summed E-state index contributed by atoms with van der Waals surface area (Å²) in [6.45, 7) is 2.16. The van der Waals surface area contributed by atoms with Gasteiger partial charge in [-0.25, -0.2) is 21.1 Å². The molecule has 0 N–H and O–H groups in total. The second-order valence-electron chi connectivity index (χ2n) is 9.25. The van der Waals surface area contributed by atoms with Gasteiger partial charge in [0.1, 0.15) is 5.82 Å². The molecule has 3 aromatic carbocycles. The van der Waals surface area contributed by atoms with Crippen molar-refractivity contribution in [1.82, 2.24) is 14.5 Å². The van der Waals surface area contributed by atoms with Gasteiger partial charge in [0, 0.05) is 48.5 Å². The molecule has 5 nitrogen and oxygen atoms in total. The van der Waals surface area contributed by atoms with Crippen LogP contribution in [-0.2, 0) is 21.1 Å². The van der Waals surface area contributed by atoms with Crippen molar-refractivity contribution in [3.8, 4) is 28.6 Å². The molecule has 0 atom stereocenters. The van der Waals surface area contributed by atoms with E-state index in [4.69, 9.17) is 4.74 Å². The van der Waals surface area contributed by atoms with E-state index in [0.29, 0.717) is 11.6 Å².